The highest BCUT2D eigenvalue weighted by Gasteiger charge is 2.27. The van der Waals surface area contributed by atoms with E-state index in [0.29, 0.717) is 6.04 Å². The summed E-state index contributed by atoms with van der Waals surface area (Å²) in [6, 6.07) is 10.9. The predicted octanol–water partition coefficient (Wildman–Crippen LogP) is 2.16. The molecule has 1 fully saturated rings. The van der Waals surface area contributed by atoms with Crippen molar-refractivity contribution in [2.24, 2.45) is 0 Å². The van der Waals surface area contributed by atoms with Crippen LogP contribution in [0.15, 0.2) is 30.3 Å². The van der Waals surface area contributed by atoms with Gasteiger partial charge in [-0.15, -0.1) is 12.4 Å². The molecule has 78 valence electrons. The Morgan fingerprint density at radius 1 is 1.29 bits per heavy atom. The van der Waals surface area contributed by atoms with Crippen molar-refractivity contribution < 1.29 is 4.74 Å². The molecule has 14 heavy (non-hydrogen) atoms. The SMILES string of the molecule is CN[C@H]1CCO[C@@H]1c1ccccc1.Cl. The van der Waals surface area contributed by atoms with E-state index in [1.807, 2.05) is 13.1 Å². The van der Waals surface area contributed by atoms with Crippen molar-refractivity contribution in [3.8, 4) is 0 Å². The molecule has 0 bridgehead atoms. The van der Waals surface area contributed by atoms with Crippen molar-refractivity contribution in [2.75, 3.05) is 13.7 Å². The largest absolute Gasteiger partial charge is 0.372 e. The summed E-state index contributed by atoms with van der Waals surface area (Å²) in [7, 11) is 2.00. The van der Waals surface area contributed by atoms with Gasteiger partial charge >= 0.3 is 0 Å². The zero-order chi connectivity index (χ0) is 9.10. The first-order valence-electron chi connectivity index (χ1n) is 4.75. The number of halogens is 1. The van der Waals surface area contributed by atoms with E-state index in [9.17, 15) is 0 Å². The molecule has 0 aliphatic carbocycles. The molecule has 1 aromatic carbocycles. The third-order valence-corrected chi connectivity index (χ3v) is 2.59. The molecule has 1 aliphatic rings. The monoisotopic (exact) mass is 213 g/mol. The van der Waals surface area contributed by atoms with Crippen LogP contribution in [0.1, 0.15) is 18.1 Å². The minimum absolute atomic E-state index is 0. The van der Waals surface area contributed by atoms with Crippen LogP contribution in [0.4, 0.5) is 0 Å². The minimum Gasteiger partial charge on any atom is -0.372 e. The second kappa shape index (κ2) is 5.35. The molecule has 1 aromatic rings. The fraction of sp³-hybridized carbons (Fsp3) is 0.455. The van der Waals surface area contributed by atoms with Gasteiger partial charge in [0.15, 0.2) is 0 Å². The Labute approximate surface area is 91.1 Å². The lowest BCUT2D eigenvalue weighted by Crippen LogP contribution is -2.27. The van der Waals surface area contributed by atoms with Gasteiger partial charge in [-0.2, -0.15) is 0 Å². The molecule has 2 atom stereocenters. The van der Waals surface area contributed by atoms with E-state index in [1.165, 1.54) is 5.56 Å². The lowest BCUT2D eigenvalue weighted by Gasteiger charge is -2.17. The molecule has 1 heterocycles. The van der Waals surface area contributed by atoms with Gasteiger partial charge in [0, 0.05) is 12.6 Å². The topological polar surface area (TPSA) is 21.3 Å². The molecule has 2 nitrogen and oxygen atoms in total. The predicted molar refractivity (Wildman–Crippen MR) is 59.8 cm³/mol. The lowest BCUT2D eigenvalue weighted by molar-refractivity contribution is 0.100. The molecular formula is C11H16ClNO. The highest BCUT2D eigenvalue weighted by atomic mass is 35.5. The molecular weight excluding hydrogens is 198 g/mol. The Morgan fingerprint density at radius 3 is 2.64 bits per heavy atom. The number of likely N-dealkylation sites (N-methyl/N-ethyl adjacent to an activating group) is 1. The van der Waals surface area contributed by atoms with Gasteiger partial charge in [0.25, 0.3) is 0 Å². The quantitative estimate of drug-likeness (QED) is 0.813. The molecule has 0 unspecified atom stereocenters. The summed E-state index contributed by atoms with van der Waals surface area (Å²) in [5.41, 5.74) is 1.28. The van der Waals surface area contributed by atoms with Gasteiger partial charge in [0.2, 0.25) is 0 Å². The summed E-state index contributed by atoms with van der Waals surface area (Å²) in [4.78, 5) is 0. The van der Waals surface area contributed by atoms with Gasteiger partial charge < -0.3 is 10.1 Å². The summed E-state index contributed by atoms with van der Waals surface area (Å²) >= 11 is 0. The smallest absolute Gasteiger partial charge is 0.0978 e. The Bertz CT molecular complexity index is 265. The van der Waals surface area contributed by atoms with Crippen molar-refractivity contribution in [1.29, 1.82) is 0 Å². The van der Waals surface area contributed by atoms with Crippen molar-refractivity contribution in [3.05, 3.63) is 35.9 Å². The number of hydrogen-bond acceptors (Lipinski definition) is 2. The molecule has 1 saturated heterocycles. The Morgan fingerprint density at radius 2 is 2.00 bits per heavy atom. The van der Waals surface area contributed by atoms with Gasteiger partial charge in [0.05, 0.1) is 6.10 Å². The van der Waals surface area contributed by atoms with Crippen LogP contribution in [0.3, 0.4) is 0 Å². The first-order chi connectivity index (χ1) is 6.42. The maximum Gasteiger partial charge on any atom is 0.0978 e. The van der Waals surface area contributed by atoms with Crippen LogP contribution in [-0.4, -0.2) is 19.7 Å². The van der Waals surface area contributed by atoms with Crippen molar-refractivity contribution in [3.63, 3.8) is 0 Å². The molecule has 2 rings (SSSR count). The molecule has 0 amide bonds. The summed E-state index contributed by atoms with van der Waals surface area (Å²) < 4.78 is 5.68. The normalized spacial score (nSPS) is 25.8. The number of ether oxygens (including phenoxy) is 1. The van der Waals surface area contributed by atoms with Gasteiger partial charge in [-0.25, -0.2) is 0 Å². The van der Waals surface area contributed by atoms with Crippen molar-refractivity contribution >= 4 is 12.4 Å². The van der Waals surface area contributed by atoms with Crippen molar-refractivity contribution in [2.45, 2.75) is 18.6 Å². The first kappa shape index (κ1) is 11.5. The average Bonchev–Trinajstić information content (AvgIpc) is 2.67. The van der Waals surface area contributed by atoms with Crippen LogP contribution in [0.25, 0.3) is 0 Å². The van der Waals surface area contributed by atoms with Gasteiger partial charge in [-0.3, -0.25) is 0 Å². The zero-order valence-electron chi connectivity index (χ0n) is 8.27. The van der Waals surface area contributed by atoms with E-state index >= 15 is 0 Å². The first-order valence-corrected chi connectivity index (χ1v) is 4.75. The van der Waals surface area contributed by atoms with Crippen LogP contribution in [0.2, 0.25) is 0 Å². The van der Waals surface area contributed by atoms with E-state index < -0.39 is 0 Å². The second-order valence-electron chi connectivity index (χ2n) is 3.39. The van der Waals surface area contributed by atoms with E-state index in [0.717, 1.165) is 13.0 Å². The number of hydrogen-bond donors (Lipinski definition) is 1. The molecule has 3 heteroatoms. The highest BCUT2D eigenvalue weighted by Crippen LogP contribution is 2.28. The second-order valence-corrected chi connectivity index (χ2v) is 3.39. The zero-order valence-corrected chi connectivity index (χ0v) is 9.09. The minimum atomic E-state index is 0. The fourth-order valence-corrected chi connectivity index (χ4v) is 1.86. The maximum atomic E-state index is 5.68. The molecule has 0 saturated carbocycles. The standard InChI is InChI=1S/C11H15NO.ClH/c1-12-10-7-8-13-11(10)9-5-3-2-4-6-9;/h2-6,10-12H,7-8H2,1H3;1H/t10-,11+;/m0./s1. The highest BCUT2D eigenvalue weighted by molar-refractivity contribution is 5.85. The average molecular weight is 214 g/mol. The summed E-state index contributed by atoms with van der Waals surface area (Å²) in [5.74, 6) is 0. The molecule has 0 radical (unpaired) electrons. The van der Waals surface area contributed by atoms with Crippen LogP contribution in [0, 0.1) is 0 Å². The molecule has 0 spiro atoms. The fourth-order valence-electron chi connectivity index (χ4n) is 1.86. The number of rotatable bonds is 2. The Kier molecular flexibility index (Phi) is 4.39. The van der Waals surface area contributed by atoms with Gasteiger partial charge in [-0.1, -0.05) is 30.3 Å². The van der Waals surface area contributed by atoms with Gasteiger partial charge in [-0.05, 0) is 19.0 Å². The van der Waals surface area contributed by atoms with Crippen molar-refractivity contribution in [1.82, 2.24) is 5.32 Å². The Balaban J connectivity index is 0.000000980. The number of benzene rings is 1. The van der Waals surface area contributed by atoms with Crippen LogP contribution in [0.5, 0.6) is 0 Å². The third kappa shape index (κ3) is 2.27. The summed E-state index contributed by atoms with van der Waals surface area (Å²) in [6.45, 7) is 0.866. The molecule has 1 N–H and O–H groups in total. The Hall–Kier alpha value is -0.570. The summed E-state index contributed by atoms with van der Waals surface area (Å²) in [6.07, 6.45) is 1.35. The van der Waals surface area contributed by atoms with E-state index in [1.54, 1.807) is 0 Å². The number of nitrogens with one attached hydrogen (secondary N) is 1. The van der Waals surface area contributed by atoms with Crippen LogP contribution >= 0.6 is 12.4 Å². The van der Waals surface area contributed by atoms with Crippen LogP contribution < -0.4 is 5.32 Å². The van der Waals surface area contributed by atoms with E-state index in [2.05, 4.69) is 29.6 Å². The van der Waals surface area contributed by atoms with E-state index in [4.69, 9.17) is 4.74 Å². The molecule has 0 aromatic heterocycles. The summed E-state index contributed by atoms with van der Waals surface area (Å²) in [5, 5.41) is 3.29. The van der Waals surface area contributed by atoms with Gasteiger partial charge in [0.1, 0.15) is 0 Å². The molecule has 1 aliphatic heterocycles. The van der Waals surface area contributed by atoms with Crippen LogP contribution in [-0.2, 0) is 4.74 Å². The maximum absolute atomic E-state index is 5.68. The third-order valence-electron chi connectivity index (χ3n) is 2.59. The van der Waals surface area contributed by atoms with E-state index in [-0.39, 0.29) is 18.5 Å². The lowest BCUT2D eigenvalue weighted by atomic mass is 10.0.